The maximum atomic E-state index is 13.0. The van der Waals surface area contributed by atoms with E-state index in [4.69, 9.17) is 5.73 Å². The van der Waals surface area contributed by atoms with Gasteiger partial charge in [0.25, 0.3) is 5.56 Å². The number of nitrogens with two attached hydrogens (primary N) is 1. The summed E-state index contributed by atoms with van der Waals surface area (Å²) >= 11 is 2.81. The molecule has 0 bridgehead atoms. The topological polar surface area (TPSA) is 78.0 Å². The lowest BCUT2D eigenvalue weighted by atomic mass is 10.2. The van der Waals surface area contributed by atoms with Crippen LogP contribution in [0.1, 0.15) is 42.2 Å². The quantitative estimate of drug-likeness (QED) is 0.687. The van der Waals surface area contributed by atoms with Crippen molar-refractivity contribution in [3.05, 3.63) is 20.8 Å². The largest absolute Gasteiger partial charge is 0.369 e. The van der Waals surface area contributed by atoms with E-state index >= 15 is 0 Å². The molecule has 1 aliphatic carbocycles. The highest BCUT2D eigenvalue weighted by atomic mass is 32.2. The fourth-order valence-electron chi connectivity index (χ4n) is 3.01. The maximum absolute atomic E-state index is 13.0. The van der Waals surface area contributed by atoms with Crippen molar-refractivity contribution >= 4 is 39.2 Å². The Labute approximate surface area is 136 Å². The van der Waals surface area contributed by atoms with Crippen LogP contribution in [-0.2, 0) is 4.79 Å². The Morgan fingerprint density at radius 2 is 2.09 bits per heavy atom. The Hall–Kier alpha value is -1.34. The van der Waals surface area contributed by atoms with Gasteiger partial charge >= 0.3 is 0 Å². The molecule has 0 aromatic carbocycles. The van der Waals surface area contributed by atoms with Gasteiger partial charge in [-0.25, -0.2) is 4.98 Å². The van der Waals surface area contributed by atoms with Crippen molar-refractivity contribution in [2.45, 2.75) is 50.7 Å². The fourth-order valence-corrected chi connectivity index (χ4v) is 4.89. The van der Waals surface area contributed by atoms with Gasteiger partial charge in [0.2, 0.25) is 5.91 Å². The Morgan fingerprint density at radius 1 is 1.41 bits per heavy atom. The SMILES string of the molecule is Cc1sc2nc(SCC(N)=O)n(C3CCCC3)c(=O)c2c1C. The average molecular weight is 337 g/mol. The molecule has 2 aromatic heterocycles. The lowest BCUT2D eigenvalue weighted by Gasteiger charge is -2.17. The van der Waals surface area contributed by atoms with Crippen LogP contribution in [0.2, 0.25) is 0 Å². The van der Waals surface area contributed by atoms with Crippen LogP contribution in [-0.4, -0.2) is 21.2 Å². The van der Waals surface area contributed by atoms with Crippen molar-refractivity contribution in [1.82, 2.24) is 9.55 Å². The van der Waals surface area contributed by atoms with Gasteiger partial charge in [-0.3, -0.25) is 14.2 Å². The van der Waals surface area contributed by atoms with Gasteiger partial charge in [-0.2, -0.15) is 0 Å². The molecule has 0 aliphatic heterocycles. The molecule has 5 nitrogen and oxygen atoms in total. The summed E-state index contributed by atoms with van der Waals surface area (Å²) in [7, 11) is 0. The summed E-state index contributed by atoms with van der Waals surface area (Å²) < 4.78 is 1.81. The molecule has 1 amide bonds. The normalized spacial score (nSPS) is 15.7. The number of hydrogen-bond donors (Lipinski definition) is 1. The van der Waals surface area contributed by atoms with E-state index in [-0.39, 0.29) is 17.4 Å². The predicted octanol–water partition coefficient (Wildman–Crippen LogP) is 2.77. The van der Waals surface area contributed by atoms with E-state index in [2.05, 4.69) is 4.98 Å². The van der Waals surface area contributed by atoms with Crippen molar-refractivity contribution in [2.75, 3.05) is 5.75 Å². The lowest BCUT2D eigenvalue weighted by Crippen LogP contribution is -2.27. The highest BCUT2D eigenvalue weighted by Gasteiger charge is 2.24. The Balaban J connectivity index is 2.19. The summed E-state index contributed by atoms with van der Waals surface area (Å²) in [5, 5.41) is 1.36. The van der Waals surface area contributed by atoms with Crippen molar-refractivity contribution in [1.29, 1.82) is 0 Å². The van der Waals surface area contributed by atoms with Crippen LogP contribution in [0.3, 0.4) is 0 Å². The number of primary amides is 1. The first-order chi connectivity index (χ1) is 10.5. The summed E-state index contributed by atoms with van der Waals surface area (Å²) in [6.45, 7) is 3.99. The number of hydrogen-bond acceptors (Lipinski definition) is 5. The molecular weight excluding hydrogens is 318 g/mol. The molecule has 2 heterocycles. The standard InChI is InChI=1S/C15H19N3O2S2/c1-8-9(2)22-13-12(8)14(20)18(10-5-3-4-6-10)15(17-13)21-7-11(16)19/h10H,3-7H2,1-2H3,(H2,16,19). The molecule has 0 radical (unpaired) electrons. The zero-order valence-electron chi connectivity index (χ0n) is 12.7. The minimum absolute atomic E-state index is 0.0331. The van der Waals surface area contributed by atoms with Crippen molar-refractivity contribution in [3.8, 4) is 0 Å². The van der Waals surface area contributed by atoms with Gasteiger partial charge in [-0.15, -0.1) is 11.3 Å². The number of nitrogens with zero attached hydrogens (tertiary/aromatic N) is 2. The number of rotatable bonds is 4. The molecular formula is C15H19N3O2S2. The number of fused-ring (bicyclic) bond motifs is 1. The molecule has 0 atom stereocenters. The van der Waals surface area contributed by atoms with Gasteiger partial charge < -0.3 is 5.73 Å². The van der Waals surface area contributed by atoms with Gasteiger partial charge in [-0.1, -0.05) is 24.6 Å². The third-order valence-corrected chi connectivity index (χ3v) is 6.31. The molecule has 3 rings (SSSR count). The van der Waals surface area contributed by atoms with Crippen LogP contribution in [0.4, 0.5) is 0 Å². The molecule has 1 saturated carbocycles. The first-order valence-corrected chi connectivity index (χ1v) is 9.22. The number of amides is 1. The molecule has 1 fully saturated rings. The second-order valence-corrected chi connectivity index (χ2v) is 7.87. The van der Waals surface area contributed by atoms with E-state index in [0.29, 0.717) is 5.16 Å². The van der Waals surface area contributed by atoms with Crippen LogP contribution in [0, 0.1) is 13.8 Å². The Bertz CT molecular complexity index is 788. The monoisotopic (exact) mass is 337 g/mol. The summed E-state index contributed by atoms with van der Waals surface area (Å²) in [5.74, 6) is -0.246. The number of carbonyl (C=O) groups is 1. The molecule has 2 aromatic rings. The second-order valence-electron chi connectivity index (χ2n) is 5.73. The molecule has 1 aliphatic rings. The van der Waals surface area contributed by atoms with Gasteiger partial charge in [0.1, 0.15) is 4.83 Å². The predicted molar refractivity (Wildman–Crippen MR) is 90.8 cm³/mol. The lowest BCUT2D eigenvalue weighted by molar-refractivity contribution is -0.115. The van der Waals surface area contributed by atoms with Gasteiger partial charge in [-0.05, 0) is 32.3 Å². The zero-order chi connectivity index (χ0) is 15.9. The smallest absolute Gasteiger partial charge is 0.263 e. The summed E-state index contributed by atoms with van der Waals surface area (Å²) in [6, 6.07) is 0.194. The van der Waals surface area contributed by atoms with E-state index in [1.54, 1.807) is 0 Å². The average Bonchev–Trinajstić information content (AvgIpc) is 3.06. The van der Waals surface area contributed by atoms with Crippen LogP contribution < -0.4 is 11.3 Å². The van der Waals surface area contributed by atoms with E-state index in [0.717, 1.165) is 46.3 Å². The second kappa shape index (κ2) is 6.04. The Morgan fingerprint density at radius 3 is 2.73 bits per heavy atom. The van der Waals surface area contributed by atoms with Gasteiger partial charge in [0, 0.05) is 10.9 Å². The maximum Gasteiger partial charge on any atom is 0.263 e. The summed E-state index contributed by atoms with van der Waals surface area (Å²) in [4.78, 5) is 30.7. The molecule has 22 heavy (non-hydrogen) atoms. The summed E-state index contributed by atoms with van der Waals surface area (Å²) in [5.41, 5.74) is 6.31. The van der Waals surface area contributed by atoms with Gasteiger partial charge in [0.05, 0.1) is 11.1 Å². The zero-order valence-corrected chi connectivity index (χ0v) is 14.4. The highest BCUT2D eigenvalue weighted by Crippen LogP contribution is 2.34. The Kier molecular flexibility index (Phi) is 4.27. The first kappa shape index (κ1) is 15.6. The van der Waals surface area contributed by atoms with Crippen LogP contribution in [0.25, 0.3) is 10.2 Å². The van der Waals surface area contributed by atoms with Crippen molar-refractivity contribution in [2.24, 2.45) is 5.73 Å². The molecule has 118 valence electrons. The van der Waals surface area contributed by atoms with Crippen molar-refractivity contribution < 1.29 is 4.79 Å². The third kappa shape index (κ3) is 2.67. The summed E-state index contributed by atoms with van der Waals surface area (Å²) in [6.07, 6.45) is 4.27. The number of carbonyl (C=O) groups excluding carboxylic acids is 1. The first-order valence-electron chi connectivity index (χ1n) is 7.42. The van der Waals surface area contributed by atoms with E-state index < -0.39 is 5.91 Å². The molecule has 2 N–H and O–H groups in total. The minimum Gasteiger partial charge on any atom is -0.369 e. The molecule has 7 heteroatoms. The number of thiophene rings is 1. The minimum atomic E-state index is -0.393. The van der Waals surface area contributed by atoms with E-state index in [9.17, 15) is 9.59 Å². The molecule has 0 spiro atoms. The number of aryl methyl sites for hydroxylation is 2. The molecule has 0 unspecified atom stereocenters. The molecule has 0 saturated heterocycles. The van der Waals surface area contributed by atoms with Gasteiger partial charge in [0.15, 0.2) is 5.16 Å². The highest BCUT2D eigenvalue weighted by molar-refractivity contribution is 7.99. The van der Waals surface area contributed by atoms with E-state index in [1.807, 2.05) is 18.4 Å². The van der Waals surface area contributed by atoms with Crippen LogP contribution in [0.15, 0.2) is 9.95 Å². The fraction of sp³-hybridized carbons (Fsp3) is 0.533. The van der Waals surface area contributed by atoms with Crippen LogP contribution >= 0.6 is 23.1 Å². The third-order valence-electron chi connectivity index (χ3n) is 4.24. The van der Waals surface area contributed by atoms with Crippen molar-refractivity contribution in [3.63, 3.8) is 0 Å². The number of thioether (sulfide) groups is 1. The van der Waals surface area contributed by atoms with E-state index in [1.165, 1.54) is 23.1 Å². The van der Waals surface area contributed by atoms with Crippen LogP contribution in [0.5, 0.6) is 0 Å². The number of aromatic nitrogens is 2.